The number of nitro benzene ring substituents is 1. The van der Waals surface area contributed by atoms with Gasteiger partial charge in [0.05, 0.1) is 30.4 Å². The molecule has 0 aliphatic heterocycles. The Bertz CT molecular complexity index is 1240. The van der Waals surface area contributed by atoms with E-state index in [1.54, 1.807) is 42.5 Å². The van der Waals surface area contributed by atoms with Gasteiger partial charge in [0.1, 0.15) is 5.75 Å². The average molecular weight is 477 g/mol. The van der Waals surface area contributed by atoms with Crippen LogP contribution in [-0.4, -0.2) is 36.7 Å². The number of methoxy groups -OCH3 is 1. The highest BCUT2D eigenvalue weighted by atomic mass is 16.6. The van der Waals surface area contributed by atoms with Crippen LogP contribution >= 0.6 is 0 Å². The number of ether oxygens (including phenoxy) is 3. The van der Waals surface area contributed by atoms with Gasteiger partial charge in [-0.25, -0.2) is 10.2 Å². The molecule has 0 saturated heterocycles. The maximum absolute atomic E-state index is 12.5. The molecule has 0 aliphatic rings. The van der Waals surface area contributed by atoms with Crippen LogP contribution in [-0.2, 0) is 0 Å². The van der Waals surface area contributed by atoms with Crippen molar-refractivity contribution in [1.82, 2.24) is 5.43 Å². The summed E-state index contributed by atoms with van der Waals surface area (Å²) in [5.41, 5.74) is 3.12. The molecule has 10 nitrogen and oxygen atoms in total. The van der Waals surface area contributed by atoms with Gasteiger partial charge in [-0.3, -0.25) is 14.9 Å². The first kappa shape index (κ1) is 24.9. The van der Waals surface area contributed by atoms with Crippen LogP contribution < -0.4 is 19.6 Å². The van der Waals surface area contributed by atoms with E-state index in [1.807, 2.05) is 6.92 Å². The van der Waals surface area contributed by atoms with Crippen LogP contribution in [0.5, 0.6) is 17.2 Å². The fourth-order valence-corrected chi connectivity index (χ4v) is 2.91. The van der Waals surface area contributed by atoms with Crippen LogP contribution in [0, 0.1) is 10.1 Å². The number of esters is 1. The van der Waals surface area contributed by atoms with E-state index in [-0.39, 0.29) is 22.7 Å². The molecule has 0 unspecified atom stereocenters. The number of hydrogen-bond donors (Lipinski definition) is 1. The van der Waals surface area contributed by atoms with E-state index in [0.29, 0.717) is 23.5 Å². The molecule has 35 heavy (non-hydrogen) atoms. The van der Waals surface area contributed by atoms with E-state index >= 15 is 0 Å². The van der Waals surface area contributed by atoms with Crippen LogP contribution in [0.1, 0.15) is 39.6 Å². The molecule has 10 heteroatoms. The first-order valence-electron chi connectivity index (χ1n) is 10.6. The third-order valence-corrected chi connectivity index (χ3v) is 4.65. The summed E-state index contributed by atoms with van der Waals surface area (Å²) in [7, 11) is 1.43. The Morgan fingerprint density at radius 2 is 1.80 bits per heavy atom. The molecule has 0 atom stereocenters. The predicted molar refractivity (Wildman–Crippen MR) is 128 cm³/mol. The lowest BCUT2D eigenvalue weighted by atomic mass is 10.2. The Balaban J connectivity index is 1.64. The van der Waals surface area contributed by atoms with E-state index in [9.17, 15) is 19.7 Å². The van der Waals surface area contributed by atoms with Crippen LogP contribution in [0.3, 0.4) is 0 Å². The zero-order chi connectivity index (χ0) is 25.2. The SMILES string of the molecule is CCCOc1ccc(C(=O)Oc2ccc(C=NNC(=O)c3cccc([N+](=O)[O-])c3)cc2OC)cc1. The highest BCUT2D eigenvalue weighted by molar-refractivity contribution is 5.95. The predicted octanol–water partition coefficient (Wildman–Crippen LogP) is 4.38. The number of hydrazone groups is 1. The molecule has 0 bridgehead atoms. The average Bonchev–Trinajstić information content (AvgIpc) is 2.88. The maximum atomic E-state index is 12.5. The second-order valence-corrected chi connectivity index (χ2v) is 7.18. The minimum absolute atomic E-state index is 0.0983. The standard InChI is InChI=1S/C25H23N3O7/c1-3-13-34-21-10-8-18(9-11-21)25(30)35-22-12-7-17(14-23(22)33-2)16-26-27-24(29)19-5-4-6-20(15-19)28(31)32/h4-12,14-16H,3,13H2,1-2H3,(H,27,29). The van der Waals surface area contributed by atoms with Crippen molar-refractivity contribution in [2.45, 2.75) is 13.3 Å². The van der Waals surface area contributed by atoms with E-state index in [1.165, 1.54) is 31.5 Å². The summed E-state index contributed by atoms with van der Waals surface area (Å²) in [6.45, 7) is 2.60. The summed E-state index contributed by atoms with van der Waals surface area (Å²) in [6, 6.07) is 16.7. The van der Waals surface area contributed by atoms with Crippen molar-refractivity contribution >= 4 is 23.8 Å². The molecule has 0 heterocycles. The number of nitrogens with one attached hydrogen (secondary N) is 1. The van der Waals surface area contributed by atoms with Crippen molar-refractivity contribution in [3.05, 3.63) is 93.5 Å². The zero-order valence-electron chi connectivity index (χ0n) is 19.1. The third-order valence-electron chi connectivity index (χ3n) is 4.65. The second kappa shape index (κ2) is 11.9. The number of rotatable bonds is 10. The minimum Gasteiger partial charge on any atom is -0.494 e. The second-order valence-electron chi connectivity index (χ2n) is 7.18. The molecule has 0 spiro atoms. The summed E-state index contributed by atoms with van der Waals surface area (Å²) in [4.78, 5) is 35.0. The van der Waals surface area contributed by atoms with Gasteiger partial charge < -0.3 is 14.2 Å². The van der Waals surface area contributed by atoms with Gasteiger partial charge in [-0.1, -0.05) is 13.0 Å². The van der Waals surface area contributed by atoms with Crippen LogP contribution in [0.2, 0.25) is 0 Å². The molecule has 0 fully saturated rings. The Morgan fingerprint density at radius 1 is 1.03 bits per heavy atom. The van der Waals surface area contributed by atoms with Gasteiger partial charge in [0, 0.05) is 17.7 Å². The number of amides is 1. The molecule has 0 aromatic heterocycles. The number of nitro groups is 1. The van der Waals surface area contributed by atoms with Crippen molar-refractivity contribution in [2.75, 3.05) is 13.7 Å². The van der Waals surface area contributed by atoms with Crippen molar-refractivity contribution in [2.24, 2.45) is 5.10 Å². The first-order chi connectivity index (χ1) is 16.9. The van der Waals surface area contributed by atoms with Gasteiger partial charge in [0.2, 0.25) is 0 Å². The fraction of sp³-hybridized carbons (Fsp3) is 0.160. The van der Waals surface area contributed by atoms with Crippen LogP contribution in [0.15, 0.2) is 71.8 Å². The molecule has 3 rings (SSSR count). The normalized spacial score (nSPS) is 10.6. The number of non-ortho nitro benzene ring substituents is 1. The van der Waals surface area contributed by atoms with E-state index in [2.05, 4.69) is 10.5 Å². The zero-order valence-corrected chi connectivity index (χ0v) is 19.1. The summed E-state index contributed by atoms with van der Waals surface area (Å²) in [5.74, 6) is 0.00329. The fourth-order valence-electron chi connectivity index (χ4n) is 2.91. The Labute approximate surface area is 201 Å². The lowest BCUT2D eigenvalue weighted by Crippen LogP contribution is -2.17. The van der Waals surface area contributed by atoms with Crippen molar-refractivity contribution in [3.8, 4) is 17.2 Å². The molecular weight excluding hydrogens is 454 g/mol. The maximum Gasteiger partial charge on any atom is 0.343 e. The molecule has 3 aromatic rings. The molecule has 3 aromatic carbocycles. The summed E-state index contributed by atoms with van der Waals surface area (Å²) >= 11 is 0. The minimum atomic E-state index is -0.603. The summed E-state index contributed by atoms with van der Waals surface area (Å²) in [6.07, 6.45) is 2.24. The molecule has 0 radical (unpaired) electrons. The van der Waals surface area contributed by atoms with Gasteiger partial charge in [0.15, 0.2) is 11.5 Å². The number of benzene rings is 3. The van der Waals surface area contributed by atoms with Crippen molar-refractivity contribution in [3.63, 3.8) is 0 Å². The van der Waals surface area contributed by atoms with Gasteiger partial charge in [-0.2, -0.15) is 5.10 Å². The number of carbonyl (C=O) groups excluding carboxylic acids is 2. The van der Waals surface area contributed by atoms with E-state index in [4.69, 9.17) is 14.2 Å². The topological polar surface area (TPSA) is 129 Å². The van der Waals surface area contributed by atoms with Gasteiger partial charge in [0.25, 0.3) is 11.6 Å². The van der Waals surface area contributed by atoms with Crippen molar-refractivity contribution < 1.29 is 28.7 Å². The largest absolute Gasteiger partial charge is 0.494 e. The van der Waals surface area contributed by atoms with Crippen LogP contribution in [0.4, 0.5) is 5.69 Å². The Hall–Kier alpha value is -4.73. The molecule has 180 valence electrons. The highest BCUT2D eigenvalue weighted by Gasteiger charge is 2.14. The Kier molecular flexibility index (Phi) is 8.49. The lowest BCUT2D eigenvalue weighted by molar-refractivity contribution is -0.384. The van der Waals surface area contributed by atoms with Gasteiger partial charge in [-0.05, 0) is 60.5 Å². The molecule has 0 aliphatic carbocycles. The van der Waals surface area contributed by atoms with Crippen LogP contribution in [0.25, 0.3) is 0 Å². The number of carbonyl (C=O) groups is 2. The number of nitrogens with zero attached hydrogens (tertiary/aromatic N) is 2. The van der Waals surface area contributed by atoms with Gasteiger partial charge >= 0.3 is 5.97 Å². The quantitative estimate of drug-likeness (QED) is 0.151. The molecule has 1 amide bonds. The Morgan fingerprint density at radius 3 is 2.49 bits per heavy atom. The van der Waals surface area contributed by atoms with Gasteiger partial charge in [-0.15, -0.1) is 0 Å². The molecule has 0 saturated carbocycles. The smallest absolute Gasteiger partial charge is 0.343 e. The summed E-state index contributed by atoms with van der Waals surface area (Å²) < 4.78 is 16.3. The monoisotopic (exact) mass is 477 g/mol. The molecule has 1 N–H and O–H groups in total. The van der Waals surface area contributed by atoms with E-state index < -0.39 is 16.8 Å². The number of hydrogen-bond acceptors (Lipinski definition) is 8. The molecular formula is C25H23N3O7. The highest BCUT2D eigenvalue weighted by Crippen LogP contribution is 2.28. The lowest BCUT2D eigenvalue weighted by Gasteiger charge is -2.10. The third kappa shape index (κ3) is 6.87. The summed E-state index contributed by atoms with van der Waals surface area (Å²) in [5, 5.41) is 14.7. The van der Waals surface area contributed by atoms with E-state index in [0.717, 1.165) is 12.5 Å². The first-order valence-corrected chi connectivity index (χ1v) is 10.6. The van der Waals surface area contributed by atoms with Crippen molar-refractivity contribution in [1.29, 1.82) is 0 Å².